The summed E-state index contributed by atoms with van der Waals surface area (Å²) in [5.74, 6) is 0. The second-order valence-electron chi connectivity index (χ2n) is 27.5. The Morgan fingerprint density at radius 2 is 0.657 bits per heavy atom. The van der Waals surface area contributed by atoms with E-state index < -0.39 is 16.1 Å². The normalized spacial score (nSPS) is 14.0. The Kier molecular flexibility index (Phi) is 11.8. The summed E-state index contributed by atoms with van der Waals surface area (Å²) >= 11 is 0. The van der Waals surface area contributed by atoms with Gasteiger partial charge in [-0.25, -0.2) is 4.85 Å². The Labute approximate surface area is 590 Å². The smallest absolute Gasteiger partial charge is 0.250 e. The topological polar surface area (TPSA) is 49.4 Å². The van der Waals surface area contributed by atoms with Crippen molar-refractivity contribution >= 4 is 186 Å². The van der Waals surface area contributed by atoms with Crippen LogP contribution in [0.1, 0.15) is 5.56 Å². The van der Waals surface area contributed by atoms with E-state index in [1.54, 1.807) is 0 Å². The van der Waals surface area contributed by atoms with Crippen LogP contribution in [0, 0.1) is 17.9 Å². The standard InChI is InChI=1S/C92H56BN7Si2/c1-95-87-91(71(58-94)90-86-92(87)100-75-43-17-15-37-66(75)68-39-27-41-73(89(68)100)93(86)72-40-26-38-67-65-36-14-16-42-74(65)99(90)88(67)72)98-76-54-52-59(96-78-44-18-22-48-82(78)101(61-28-6-2-7-29-61,62-30-8-3-9-31-62)83-49-23-19-45-79(83)96)56-69(76)70-57-60(53-55-77(70)98)97-80-46-20-24-50-84(80)102(63-32-10-4-11-33-63,64-34-12-5-13-35-64)85-51-25-21-47-81(85)97/h2-57H. The average Bonchev–Trinajstić information content (AvgIpc) is 1.42. The van der Waals surface area contributed by atoms with Gasteiger partial charge in [-0.3, -0.25) is 0 Å². The zero-order chi connectivity index (χ0) is 67.1. The highest BCUT2D eigenvalue weighted by Crippen LogP contribution is 2.51. The number of nitrogens with zero attached hydrogens (tertiary/aromatic N) is 7. The van der Waals surface area contributed by atoms with Crippen molar-refractivity contribution in [1.82, 2.24) is 13.7 Å². The number of para-hydroxylation sites is 8. The minimum atomic E-state index is -2.98. The number of hydrogen-bond donors (Lipinski definition) is 0. The van der Waals surface area contributed by atoms with Gasteiger partial charge in [0, 0.05) is 77.5 Å². The Morgan fingerprint density at radius 3 is 1.05 bits per heavy atom. The Balaban J connectivity index is 0.871. The minimum absolute atomic E-state index is 0.289. The summed E-state index contributed by atoms with van der Waals surface area (Å²) < 4.78 is 7.06. The van der Waals surface area contributed by atoms with E-state index in [2.05, 4.69) is 369 Å². The molecule has 0 N–H and O–H groups in total. The number of rotatable bonds is 7. The van der Waals surface area contributed by atoms with Crippen molar-refractivity contribution in [3.8, 4) is 23.1 Å². The predicted molar refractivity (Wildman–Crippen MR) is 429 cm³/mol. The van der Waals surface area contributed by atoms with Crippen LogP contribution in [-0.2, 0) is 0 Å². The first-order valence-electron chi connectivity index (χ1n) is 35.0. The van der Waals surface area contributed by atoms with E-state index in [0.29, 0.717) is 16.9 Å². The summed E-state index contributed by atoms with van der Waals surface area (Å²) in [6.45, 7) is 9.64. The van der Waals surface area contributed by atoms with E-state index in [1.165, 1.54) is 41.5 Å². The highest BCUT2D eigenvalue weighted by atomic mass is 28.3. The summed E-state index contributed by atoms with van der Waals surface area (Å²) in [4.78, 5) is 9.84. The van der Waals surface area contributed by atoms with Gasteiger partial charge in [0.1, 0.15) is 6.07 Å². The van der Waals surface area contributed by atoms with Gasteiger partial charge in [-0.1, -0.05) is 267 Å². The molecule has 0 aliphatic carbocycles. The molecule has 102 heavy (non-hydrogen) atoms. The van der Waals surface area contributed by atoms with Gasteiger partial charge < -0.3 is 23.5 Å². The molecule has 0 saturated carbocycles. The predicted octanol–water partition coefficient (Wildman–Crippen LogP) is 14.9. The SMILES string of the molecule is [C-]#[N+]c1c(-n2c3ccc(N4c5ccccc5[Si](c5ccccc5)(c5ccccc5)c5ccccc54)cc3c3cc(N4c5ccccc5[Si](c5ccccc5)(c5ccccc5)c5ccccc54)ccc32)c(C#N)c2c3c1-n1c4ccccc4c4cccc(c41)B3c1cccc3c4ccccc4n-2c13. The van der Waals surface area contributed by atoms with Crippen molar-refractivity contribution in [2.75, 3.05) is 9.80 Å². The van der Waals surface area contributed by atoms with Crippen molar-refractivity contribution in [2.24, 2.45) is 0 Å². The maximum Gasteiger partial charge on any atom is 0.250 e. The van der Waals surface area contributed by atoms with Crippen LogP contribution >= 0.6 is 0 Å². The van der Waals surface area contributed by atoms with Gasteiger partial charge in [0.2, 0.25) is 5.69 Å². The number of hydrogen-bond acceptors (Lipinski definition) is 3. The molecule has 0 unspecified atom stereocenters. The number of aromatic nitrogens is 3. The molecule has 15 aromatic carbocycles. The second-order valence-corrected chi connectivity index (χ2v) is 34.9. The second kappa shape index (κ2) is 21.2. The van der Waals surface area contributed by atoms with Crippen LogP contribution in [0.25, 0.3) is 87.3 Å². The van der Waals surface area contributed by atoms with Crippen LogP contribution in [-0.4, -0.2) is 36.6 Å². The number of benzene rings is 15. The lowest BCUT2D eigenvalue weighted by Crippen LogP contribution is -2.77. The molecule has 3 aromatic heterocycles. The van der Waals surface area contributed by atoms with Gasteiger partial charge in [-0.2, -0.15) is 5.26 Å². The van der Waals surface area contributed by atoms with E-state index in [1.807, 2.05) is 0 Å². The highest BCUT2D eigenvalue weighted by molar-refractivity contribution is 7.22. The van der Waals surface area contributed by atoms with Crippen LogP contribution < -0.4 is 67.7 Å². The fourth-order valence-electron chi connectivity index (χ4n) is 19.3. The van der Waals surface area contributed by atoms with Gasteiger partial charge in [0.15, 0.2) is 16.1 Å². The fraction of sp³-hybridized carbons (Fsp3) is 0. The Bertz CT molecular complexity index is 6190. The van der Waals surface area contributed by atoms with E-state index in [-0.39, 0.29) is 6.71 Å². The summed E-state index contributed by atoms with van der Waals surface area (Å²) in [5.41, 5.74) is 18.8. The van der Waals surface area contributed by atoms with Crippen molar-refractivity contribution in [1.29, 1.82) is 5.26 Å². The third-order valence-corrected chi connectivity index (χ3v) is 32.7. The van der Waals surface area contributed by atoms with Crippen LogP contribution in [0.2, 0.25) is 0 Å². The van der Waals surface area contributed by atoms with E-state index in [0.717, 1.165) is 127 Å². The molecule has 0 radical (unpaired) electrons. The number of nitriles is 1. The van der Waals surface area contributed by atoms with Crippen LogP contribution in [0.5, 0.6) is 0 Å². The molecule has 4 aliphatic heterocycles. The fourth-order valence-corrected chi connectivity index (χ4v) is 29.5. The molecule has 18 aromatic rings. The van der Waals surface area contributed by atoms with Gasteiger partial charge in [-0.15, -0.1) is 0 Å². The van der Waals surface area contributed by atoms with Crippen molar-refractivity contribution in [2.45, 2.75) is 0 Å². The van der Waals surface area contributed by atoms with Crippen LogP contribution in [0.4, 0.5) is 39.8 Å². The van der Waals surface area contributed by atoms with Crippen LogP contribution in [0.15, 0.2) is 340 Å². The first-order chi connectivity index (χ1) is 50.6. The lowest BCUT2D eigenvalue weighted by Gasteiger charge is -2.45. The van der Waals surface area contributed by atoms with Crippen molar-refractivity contribution in [3.05, 3.63) is 357 Å². The van der Waals surface area contributed by atoms with Gasteiger partial charge >= 0.3 is 0 Å². The van der Waals surface area contributed by atoms with E-state index in [4.69, 9.17) is 4.85 Å². The maximum absolute atomic E-state index is 12.7. The number of fused-ring (bicyclic) bond motifs is 17. The summed E-state index contributed by atoms with van der Waals surface area (Å²) in [5, 5.41) is 29.7. The molecular formula is C92H56BN7Si2. The Hall–Kier alpha value is -13.2. The third-order valence-electron chi connectivity index (χ3n) is 23.0. The molecule has 0 atom stereocenters. The molecule has 0 fully saturated rings. The van der Waals surface area contributed by atoms with Crippen LogP contribution in [0.3, 0.4) is 0 Å². The molecule has 7 nitrogen and oxygen atoms in total. The molecule has 22 rings (SSSR count). The molecule has 0 bridgehead atoms. The Morgan fingerprint density at radius 1 is 0.314 bits per heavy atom. The lowest BCUT2D eigenvalue weighted by molar-refractivity contribution is 1.10. The molecule has 0 saturated heterocycles. The maximum atomic E-state index is 12.7. The lowest BCUT2D eigenvalue weighted by atomic mass is 9.34. The summed E-state index contributed by atoms with van der Waals surface area (Å²) in [6.07, 6.45) is 0. The molecule has 0 spiro atoms. The molecular weight excluding hydrogens is 1270 g/mol. The molecule has 7 heterocycles. The quantitative estimate of drug-likeness (QED) is 0.118. The zero-order valence-corrected chi connectivity index (χ0v) is 57.0. The van der Waals surface area contributed by atoms with Crippen molar-refractivity contribution < 1.29 is 0 Å². The van der Waals surface area contributed by atoms with Crippen molar-refractivity contribution in [3.63, 3.8) is 0 Å². The summed E-state index contributed by atoms with van der Waals surface area (Å²) in [7, 11) is -5.97. The van der Waals surface area contributed by atoms with E-state index >= 15 is 0 Å². The van der Waals surface area contributed by atoms with E-state index in [9.17, 15) is 11.8 Å². The highest BCUT2D eigenvalue weighted by Gasteiger charge is 2.51. The summed E-state index contributed by atoms with van der Waals surface area (Å²) in [6, 6.07) is 129. The molecule has 10 heteroatoms. The molecule has 470 valence electrons. The average molecular weight is 1330 g/mol. The molecule has 0 amide bonds. The first-order valence-corrected chi connectivity index (χ1v) is 39.0. The first kappa shape index (κ1) is 56.8. The van der Waals surface area contributed by atoms with Gasteiger partial charge in [0.25, 0.3) is 6.71 Å². The monoisotopic (exact) mass is 1330 g/mol. The number of anilines is 6. The zero-order valence-electron chi connectivity index (χ0n) is 55.0. The largest absolute Gasteiger partial charge is 0.320 e. The van der Waals surface area contributed by atoms with Gasteiger partial charge in [0.05, 0.1) is 51.3 Å². The third kappa shape index (κ3) is 7.15. The van der Waals surface area contributed by atoms with Gasteiger partial charge in [-0.05, 0) is 131 Å². The molecule has 4 aliphatic rings. The minimum Gasteiger partial charge on any atom is -0.320 e.